The fourth-order valence-electron chi connectivity index (χ4n) is 2.54. The van der Waals surface area contributed by atoms with E-state index in [0.29, 0.717) is 23.4 Å². The normalized spacial score (nSPS) is 10.5. The van der Waals surface area contributed by atoms with Crippen LogP contribution in [-0.2, 0) is 4.74 Å². The molecule has 0 spiro atoms. The van der Waals surface area contributed by atoms with Gasteiger partial charge in [-0.15, -0.1) is 0 Å². The van der Waals surface area contributed by atoms with Gasteiger partial charge in [0.15, 0.2) is 0 Å². The van der Waals surface area contributed by atoms with Crippen LogP contribution in [0, 0.1) is 11.3 Å². The molecule has 0 radical (unpaired) electrons. The van der Waals surface area contributed by atoms with Crippen molar-refractivity contribution in [3.8, 4) is 17.2 Å². The van der Waals surface area contributed by atoms with Gasteiger partial charge in [0.25, 0.3) is 0 Å². The van der Waals surface area contributed by atoms with Crippen LogP contribution in [-0.4, -0.2) is 12.6 Å². The van der Waals surface area contributed by atoms with Crippen LogP contribution in [0.15, 0.2) is 83.0 Å². The summed E-state index contributed by atoms with van der Waals surface area (Å²) in [5.74, 6) is -0.366. The van der Waals surface area contributed by atoms with Crippen molar-refractivity contribution >= 4 is 17.3 Å². The topological polar surface area (TPSA) is 74.8 Å². The minimum atomic E-state index is -0.366. The van der Waals surface area contributed by atoms with E-state index in [0.717, 1.165) is 16.8 Å². The van der Waals surface area contributed by atoms with Crippen molar-refractivity contribution in [2.75, 3.05) is 6.61 Å². The van der Waals surface area contributed by atoms with Crippen molar-refractivity contribution in [2.45, 2.75) is 6.92 Å². The second-order valence-electron chi connectivity index (χ2n) is 5.68. The first-order chi connectivity index (χ1) is 13.2. The van der Waals surface area contributed by atoms with E-state index in [1.54, 1.807) is 43.3 Å². The first-order valence-electron chi connectivity index (χ1n) is 8.49. The van der Waals surface area contributed by atoms with Crippen molar-refractivity contribution in [1.29, 1.82) is 5.26 Å². The predicted octanol–water partition coefficient (Wildman–Crippen LogP) is 5.82. The van der Waals surface area contributed by atoms with E-state index in [-0.39, 0.29) is 5.97 Å². The Labute approximate surface area is 157 Å². The Balaban J connectivity index is 1.91. The van der Waals surface area contributed by atoms with Crippen molar-refractivity contribution in [2.24, 2.45) is 10.2 Å². The van der Waals surface area contributed by atoms with Gasteiger partial charge in [0, 0.05) is 5.56 Å². The van der Waals surface area contributed by atoms with E-state index in [4.69, 9.17) is 4.74 Å². The number of ether oxygens (including phenoxy) is 1. The molecule has 5 nitrogen and oxygen atoms in total. The van der Waals surface area contributed by atoms with Crippen molar-refractivity contribution in [1.82, 2.24) is 0 Å². The van der Waals surface area contributed by atoms with Crippen LogP contribution in [0.3, 0.4) is 0 Å². The molecular formula is C22H17N3O2. The molecule has 0 aliphatic carbocycles. The van der Waals surface area contributed by atoms with Crippen LogP contribution in [0.25, 0.3) is 11.1 Å². The molecule has 0 heterocycles. The second-order valence-corrected chi connectivity index (χ2v) is 5.68. The third-order valence-electron chi connectivity index (χ3n) is 3.87. The Bertz CT molecular complexity index is 1000. The van der Waals surface area contributed by atoms with Crippen molar-refractivity contribution in [3.05, 3.63) is 83.9 Å². The molecule has 3 rings (SSSR count). The fourth-order valence-corrected chi connectivity index (χ4v) is 2.54. The van der Waals surface area contributed by atoms with Crippen LogP contribution in [0.5, 0.6) is 0 Å². The molecule has 0 saturated heterocycles. The van der Waals surface area contributed by atoms with Crippen LogP contribution < -0.4 is 0 Å². The van der Waals surface area contributed by atoms with Gasteiger partial charge < -0.3 is 4.74 Å². The number of rotatable bonds is 5. The average molecular weight is 355 g/mol. The molecule has 0 N–H and O–H groups in total. The molecule has 0 aromatic heterocycles. The zero-order valence-corrected chi connectivity index (χ0v) is 14.8. The second kappa shape index (κ2) is 8.54. The summed E-state index contributed by atoms with van der Waals surface area (Å²) in [6.07, 6.45) is 0. The summed E-state index contributed by atoms with van der Waals surface area (Å²) in [4.78, 5) is 11.8. The maximum atomic E-state index is 11.8. The van der Waals surface area contributed by atoms with Gasteiger partial charge in [0.2, 0.25) is 0 Å². The van der Waals surface area contributed by atoms with Gasteiger partial charge in [0.05, 0.1) is 35.2 Å². The van der Waals surface area contributed by atoms with Crippen LogP contribution >= 0.6 is 0 Å². The standard InChI is InChI=1S/C22H17N3O2/c1-2-27-22(26)17-10-8-16(9-11-17)21-14-20(13-12-18(21)15-23)25-24-19-6-4-3-5-7-19/h3-14H,2H2,1H3. The number of hydrogen-bond acceptors (Lipinski definition) is 5. The summed E-state index contributed by atoms with van der Waals surface area (Å²) in [7, 11) is 0. The Morgan fingerprint density at radius 2 is 1.67 bits per heavy atom. The van der Waals surface area contributed by atoms with Gasteiger partial charge in [-0.3, -0.25) is 0 Å². The maximum absolute atomic E-state index is 11.8. The molecule has 0 aliphatic rings. The molecule has 0 unspecified atom stereocenters. The minimum Gasteiger partial charge on any atom is -0.462 e. The number of esters is 1. The molecule has 0 aliphatic heterocycles. The lowest BCUT2D eigenvalue weighted by Crippen LogP contribution is -2.04. The molecule has 0 atom stereocenters. The van der Waals surface area contributed by atoms with Crippen LogP contribution in [0.2, 0.25) is 0 Å². The average Bonchev–Trinajstić information content (AvgIpc) is 2.73. The zero-order valence-electron chi connectivity index (χ0n) is 14.8. The highest BCUT2D eigenvalue weighted by atomic mass is 16.5. The zero-order chi connectivity index (χ0) is 19.1. The first kappa shape index (κ1) is 18.0. The monoisotopic (exact) mass is 355 g/mol. The lowest BCUT2D eigenvalue weighted by atomic mass is 9.98. The molecule has 3 aromatic rings. The van der Waals surface area contributed by atoms with E-state index >= 15 is 0 Å². The highest BCUT2D eigenvalue weighted by Gasteiger charge is 2.09. The number of nitrogens with zero attached hydrogens (tertiary/aromatic N) is 3. The molecular weight excluding hydrogens is 338 g/mol. The van der Waals surface area contributed by atoms with Crippen LogP contribution in [0.4, 0.5) is 11.4 Å². The number of carbonyl (C=O) groups excluding carboxylic acids is 1. The number of hydrogen-bond donors (Lipinski definition) is 0. The fraction of sp³-hybridized carbons (Fsp3) is 0.0909. The number of nitriles is 1. The van der Waals surface area contributed by atoms with Crippen molar-refractivity contribution < 1.29 is 9.53 Å². The summed E-state index contributed by atoms with van der Waals surface area (Å²) in [6.45, 7) is 2.09. The number of benzene rings is 3. The first-order valence-corrected chi connectivity index (χ1v) is 8.49. The van der Waals surface area contributed by atoms with Gasteiger partial charge >= 0.3 is 5.97 Å². The molecule has 27 heavy (non-hydrogen) atoms. The van der Waals surface area contributed by atoms with Crippen molar-refractivity contribution in [3.63, 3.8) is 0 Å². The smallest absolute Gasteiger partial charge is 0.338 e. The van der Waals surface area contributed by atoms with E-state index in [1.165, 1.54) is 0 Å². The summed E-state index contributed by atoms with van der Waals surface area (Å²) in [5, 5.41) is 17.9. The SMILES string of the molecule is CCOC(=O)c1ccc(-c2cc(N=Nc3ccccc3)ccc2C#N)cc1. The quantitative estimate of drug-likeness (QED) is 0.427. The summed E-state index contributed by atoms with van der Waals surface area (Å²) < 4.78 is 4.99. The molecule has 0 bridgehead atoms. The lowest BCUT2D eigenvalue weighted by Gasteiger charge is -2.07. The largest absolute Gasteiger partial charge is 0.462 e. The molecule has 5 heteroatoms. The van der Waals surface area contributed by atoms with Gasteiger partial charge in [0.1, 0.15) is 0 Å². The number of carbonyl (C=O) groups is 1. The van der Waals surface area contributed by atoms with E-state index in [2.05, 4.69) is 16.3 Å². The summed E-state index contributed by atoms with van der Waals surface area (Å²) in [6, 6.07) is 23.9. The maximum Gasteiger partial charge on any atom is 0.338 e. The highest BCUT2D eigenvalue weighted by Crippen LogP contribution is 2.29. The Hall–Kier alpha value is -3.78. The third kappa shape index (κ3) is 4.44. The van der Waals surface area contributed by atoms with Gasteiger partial charge in [-0.25, -0.2) is 4.79 Å². The summed E-state index contributed by atoms with van der Waals surface area (Å²) in [5.41, 5.74) is 3.94. The van der Waals surface area contributed by atoms with Crippen LogP contribution in [0.1, 0.15) is 22.8 Å². The van der Waals surface area contributed by atoms with Gasteiger partial charge in [-0.05, 0) is 55.0 Å². The molecule has 3 aromatic carbocycles. The Kier molecular flexibility index (Phi) is 5.70. The third-order valence-corrected chi connectivity index (χ3v) is 3.87. The van der Waals surface area contributed by atoms with E-state index in [9.17, 15) is 10.1 Å². The van der Waals surface area contributed by atoms with E-state index < -0.39 is 0 Å². The van der Waals surface area contributed by atoms with E-state index in [1.807, 2.05) is 36.4 Å². The van der Waals surface area contributed by atoms with Gasteiger partial charge in [-0.2, -0.15) is 15.5 Å². The highest BCUT2D eigenvalue weighted by molar-refractivity contribution is 5.90. The molecule has 132 valence electrons. The minimum absolute atomic E-state index is 0.327. The molecule has 0 fully saturated rings. The predicted molar refractivity (Wildman–Crippen MR) is 103 cm³/mol. The lowest BCUT2D eigenvalue weighted by molar-refractivity contribution is 0.0526. The Morgan fingerprint density at radius 3 is 2.33 bits per heavy atom. The van der Waals surface area contributed by atoms with Gasteiger partial charge in [-0.1, -0.05) is 30.3 Å². The molecule has 0 saturated carbocycles. The summed E-state index contributed by atoms with van der Waals surface area (Å²) >= 11 is 0. The Morgan fingerprint density at radius 1 is 0.963 bits per heavy atom. The molecule has 0 amide bonds. The number of azo groups is 1.